The minimum atomic E-state index is 0.681. The molecule has 0 aliphatic rings. The van der Waals surface area contributed by atoms with E-state index in [0.717, 1.165) is 6.42 Å². The van der Waals surface area contributed by atoms with Crippen molar-refractivity contribution in [1.29, 1.82) is 0 Å². The van der Waals surface area contributed by atoms with E-state index in [4.69, 9.17) is 0 Å². The van der Waals surface area contributed by atoms with E-state index in [9.17, 15) is 0 Å². The van der Waals surface area contributed by atoms with Crippen LogP contribution < -0.4 is 0 Å². The van der Waals surface area contributed by atoms with Gasteiger partial charge in [-0.05, 0) is 66.1 Å². The summed E-state index contributed by atoms with van der Waals surface area (Å²) in [7, 11) is 0. The monoisotopic (exact) mass is 302 g/mol. The highest BCUT2D eigenvalue weighted by molar-refractivity contribution is 5.93. The van der Waals surface area contributed by atoms with Crippen LogP contribution in [0.1, 0.15) is 36.1 Å². The number of hydrogen-bond acceptors (Lipinski definition) is 0. The van der Waals surface area contributed by atoms with Crippen LogP contribution in [0.2, 0.25) is 0 Å². The van der Waals surface area contributed by atoms with E-state index in [1.54, 1.807) is 0 Å². The van der Waals surface area contributed by atoms with Crippen LogP contribution >= 0.6 is 0 Å². The molecular weight excluding hydrogens is 276 g/mol. The molecule has 0 heteroatoms. The zero-order valence-electron chi connectivity index (χ0n) is 14.9. The predicted octanol–water partition coefficient (Wildman–Crippen LogP) is 6.63. The molecule has 0 aliphatic carbocycles. The van der Waals surface area contributed by atoms with Gasteiger partial charge in [-0.1, -0.05) is 73.5 Å². The average Bonchev–Trinajstić information content (AvgIpc) is 2.46. The number of rotatable bonds is 3. The summed E-state index contributed by atoms with van der Waals surface area (Å²) in [5, 5.41) is 2.80. The van der Waals surface area contributed by atoms with Crippen molar-refractivity contribution in [1.82, 2.24) is 0 Å². The summed E-state index contributed by atoms with van der Waals surface area (Å²) in [4.78, 5) is 0. The molecule has 0 saturated carbocycles. The topological polar surface area (TPSA) is 0 Å². The quantitative estimate of drug-likeness (QED) is 0.509. The summed E-state index contributed by atoms with van der Waals surface area (Å²) in [6.45, 7) is 11.2. The van der Waals surface area contributed by atoms with Crippen LogP contribution in [0.5, 0.6) is 0 Å². The van der Waals surface area contributed by atoms with Gasteiger partial charge in [0.2, 0.25) is 0 Å². The van der Waals surface area contributed by atoms with E-state index in [-0.39, 0.29) is 0 Å². The van der Waals surface area contributed by atoms with Gasteiger partial charge in [0.15, 0.2) is 0 Å². The molecule has 0 radical (unpaired) electrons. The summed E-state index contributed by atoms with van der Waals surface area (Å²) < 4.78 is 0. The van der Waals surface area contributed by atoms with Crippen molar-refractivity contribution in [3.05, 3.63) is 70.8 Å². The second-order valence-electron chi connectivity index (χ2n) is 7.22. The molecule has 3 aromatic carbocycles. The maximum Gasteiger partial charge on any atom is -0.0146 e. The zero-order chi connectivity index (χ0) is 16.6. The second kappa shape index (κ2) is 6.20. The van der Waals surface area contributed by atoms with Crippen molar-refractivity contribution >= 4 is 10.8 Å². The Kier molecular flexibility index (Phi) is 4.26. The van der Waals surface area contributed by atoms with Crippen LogP contribution in [0.3, 0.4) is 0 Å². The predicted molar refractivity (Wildman–Crippen MR) is 102 cm³/mol. The molecule has 3 rings (SSSR count). The minimum absolute atomic E-state index is 0.681. The van der Waals surface area contributed by atoms with Gasteiger partial charge in [-0.2, -0.15) is 0 Å². The maximum atomic E-state index is 2.31. The summed E-state index contributed by atoms with van der Waals surface area (Å²) >= 11 is 0. The Bertz CT molecular complexity index is 833. The van der Waals surface area contributed by atoms with Crippen molar-refractivity contribution in [2.24, 2.45) is 5.92 Å². The molecule has 23 heavy (non-hydrogen) atoms. The summed E-state index contributed by atoms with van der Waals surface area (Å²) in [5.74, 6) is 0.681. The maximum absolute atomic E-state index is 2.31. The summed E-state index contributed by atoms with van der Waals surface area (Å²) in [6.07, 6.45) is 1.14. The second-order valence-corrected chi connectivity index (χ2v) is 7.22. The number of hydrogen-bond donors (Lipinski definition) is 0. The molecule has 0 unspecified atom stereocenters. The van der Waals surface area contributed by atoms with E-state index < -0.39 is 0 Å². The first-order valence-corrected chi connectivity index (χ1v) is 8.55. The number of fused-ring (bicyclic) bond motifs is 1. The first-order valence-electron chi connectivity index (χ1n) is 8.55. The van der Waals surface area contributed by atoms with Crippen molar-refractivity contribution in [2.45, 2.75) is 41.0 Å². The fourth-order valence-corrected chi connectivity index (χ4v) is 3.63. The molecule has 0 aliphatic heterocycles. The number of aryl methyl sites for hydroxylation is 3. The van der Waals surface area contributed by atoms with Crippen LogP contribution in [0.15, 0.2) is 48.5 Å². The van der Waals surface area contributed by atoms with Crippen LogP contribution in [-0.2, 0) is 6.42 Å². The van der Waals surface area contributed by atoms with Crippen LogP contribution in [-0.4, -0.2) is 0 Å². The first kappa shape index (κ1) is 15.8. The van der Waals surface area contributed by atoms with E-state index >= 15 is 0 Å². The van der Waals surface area contributed by atoms with Gasteiger partial charge in [-0.3, -0.25) is 0 Å². The zero-order valence-corrected chi connectivity index (χ0v) is 14.9. The fourth-order valence-electron chi connectivity index (χ4n) is 3.63. The molecule has 0 heterocycles. The van der Waals surface area contributed by atoms with E-state index in [1.165, 1.54) is 44.2 Å². The SMILES string of the molecule is Cc1cc(C)cc(-c2ccc3c(CC(C)C)cccc3c2C)c1. The Morgan fingerprint density at radius 1 is 0.783 bits per heavy atom. The van der Waals surface area contributed by atoms with Gasteiger partial charge < -0.3 is 0 Å². The summed E-state index contributed by atoms with van der Waals surface area (Å²) in [5.41, 5.74) is 8.19. The highest BCUT2D eigenvalue weighted by Crippen LogP contribution is 2.32. The van der Waals surface area contributed by atoms with Gasteiger partial charge in [-0.15, -0.1) is 0 Å². The van der Waals surface area contributed by atoms with Gasteiger partial charge >= 0.3 is 0 Å². The lowest BCUT2D eigenvalue weighted by molar-refractivity contribution is 0.650. The third-order valence-corrected chi connectivity index (χ3v) is 4.58. The van der Waals surface area contributed by atoms with E-state index in [0.29, 0.717) is 5.92 Å². The number of benzene rings is 3. The van der Waals surface area contributed by atoms with Crippen LogP contribution in [0.4, 0.5) is 0 Å². The third kappa shape index (κ3) is 3.17. The Morgan fingerprint density at radius 3 is 2.13 bits per heavy atom. The largest absolute Gasteiger partial charge is 0.0625 e. The standard InChI is InChI=1S/C23H26/c1-15(2)11-19-7-6-8-22-18(5)21(9-10-23(19)22)20-13-16(3)12-17(4)14-20/h6-10,12-15H,11H2,1-5H3. The molecule has 0 spiro atoms. The van der Waals surface area contributed by atoms with Crippen molar-refractivity contribution in [3.8, 4) is 11.1 Å². The van der Waals surface area contributed by atoms with Gasteiger partial charge in [0.1, 0.15) is 0 Å². The van der Waals surface area contributed by atoms with Crippen molar-refractivity contribution < 1.29 is 0 Å². The molecule has 0 fully saturated rings. The molecule has 0 bridgehead atoms. The van der Waals surface area contributed by atoms with E-state index in [2.05, 4.69) is 83.1 Å². The molecule has 3 aromatic rings. The minimum Gasteiger partial charge on any atom is -0.0625 e. The van der Waals surface area contributed by atoms with Gasteiger partial charge in [0.25, 0.3) is 0 Å². The smallest absolute Gasteiger partial charge is 0.0146 e. The molecule has 0 nitrogen and oxygen atoms in total. The Balaban J connectivity index is 2.19. The van der Waals surface area contributed by atoms with Crippen molar-refractivity contribution in [2.75, 3.05) is 0 Å². The van der Waals surface area contributed by atoms with Gasteiger partial charge in [-0.25, -0.2) is 0 Å². The molecule has 0 aromatic heterocycles. The molecule has 0 amide bonds. The lowest BCUT2D eigenvalue weighted by atomic mass is 9.90. The van der Waals surface area contributed by atoms with Crippen LogP contribution in [0.25, 0.3) is 21.9 Å². The molecular formula is C23H26. The molecule has 0 N–H and O–H groups in total. The Labute approximate surface area is 140 Å². The Hall–Kier alpha value is -2.08. The van der Waals surface area contributed by atoms with Gasteiger partial charge in [0, 0.05) is 0 Å². The van der Waals surface area contributed by atoms with Crippen LogP contribution in [0, 0.1) is 26.7 Å². The Morgan fingerprint density at radius 2 is 1.48 bits per heavy atom. The van der Waals surface area contributed by atoms with Gasteiger partial charge in [0.05, 0.1) is 0 Å². The summed E-state index contributed by atoms with van der Waals surface area (Å²) in [6, 6.07) is 18.2. The molecule has 0 saturated heterocycles. The molecule has 0 atom stereocenters. The normalized spacial score (nSPS) is 11.4. The highest BCUT2D eigenvalue weighted by Gasteiger charge is 2.10. The van der Waals surface area contributed by atoms with Crippen molar-refractivity contribution in [3.63, 3.8) is 0 Å². The van der Waals surface area contributed by atoms with E-state index in [1.807, 2.05) is 0 Å². The first-order chi connectivity index (χ1) is 11.0. The average molecular weight is 302 g/mol. The molecule has 118 valence electrons. The highest BCUT2D eigenvalue weighted by atomic mass is 14.1. The fraction of sp³-hybridized carbons (Fsp3) is 0.304. The third-order valence-electron chi connectivity index (χ3n) is 4.58. The lowest BCUT2D eigenvalue weighted by Crippen LogP contribution is -1.96. The lowest BCUT2D eigenvalue weighted by Gasteiger charge is -2.15.